The number of nitrogens with zero attached hydrogens (tertiary/aromatic N) is 2. The lowest BCUT2D eigenvalue weighted by atomic mass is 9.94. The summed E-state index contributed by atoms with van der Waals surface area (Å²) in [6, 6.07) is 30.0. The van der Waals surface area contributed by atoms with Gasteiger partial charge < -0.3 is 10.2 Å². The lowest BCUT2D eigenvalue weighted by molar-refractivity contribution is -0.140. The maximum absolute atomic E-state index is 14.6. The molecule has 0 bridgehead atoms. The predicted molar refractivity (Wildman–Crippen MR) is 183 cm³/mol. The van der Waals surface area contributed by atoms with Gasteiger partial charge in [0.2, 0.25) is 11.8 Å². The summed E-state index contributed by atoms with van der Waals surface area (Å²) in [6.45, 7) is -0.647. The summed E-state index contributed by atoms with van der Waals surface area (Å²) < 4.78 is 29.2. The van der Waals surface area contributed by atoms with Crippen LogP contribution in [-0.2, 0) is 32.6 Å². The molecule has 1 atom stereocenters. The Hall–Kier alpha value is -3.85. The number of carbonyl (C=O) groups is 2. The van der Waals surface area contributed by atoms with Gasteiger partial charge in [-0.1, -0.05) is 115 Å². The lowest BCUT2D eigenvalue weighted by Crippen LogP contribution is -2.55. The van der Waals surface area contributed by atoms with Crippen LogP contribution in [0.1, 0.15) is 43.2 Å². The van der Waals surface area contributed by atoms with Crippen LogP contribution < -0.4 is 9.62 Å². The lowest BCUT2D eigenvalue weighted by Gasteiger charge is -2.35. The van der Waals surface area contributed by atoms with Crippen molar-refractivity contribution in [1.82, 2.24) is 10.2 Å². The topological polar surface area (TPSA) is 86.8 Å². The average molecular weight is 679 g/mol. The van der Waals surface area contributed by atoms with Gasteiger partial charge in [0, 0.05) is 34.6 Å². The van der Waals surface area contributed by atoms with Crippen molar-refractivity contribution in [3.8, 4) is 0 Å². The van der Waals surface area contributed by atoms with Crippen LogP contribution in [0.15, 0.2) is 114 Å². The molecule has 0 saturated heterocycles. The summed E-state index contributed by atoms with van der Waals surface area (Å²) in [7, 11) is -4.17. The van der Waals surface area contributed by atoms with Crippen molar-refractivity contribution in [2.75, 3.05) is 10.8 Å². The number of benzene rings is 4. The molecule has 4 aromatic rings. The number of halogens is 2. The molecule has 1 N–H and O–H groups in total. The molecule has 1 aliphatic rings. The first-order valence-corrected chi connectivity index (χ1v) is 17.6. The van der Waals surface area contributed by atoms with Crippen LogP contribution in [0.3, 0.4) is 0 Å². The molecule has 5 rings (SSSR count). The maximum Gasteiger partial charge on any atom is 0.264 e. The number of rotatable bonds is 12. The molecule has 0 unspecified atom stereocenters. The van der Waals surface area contributed by atoms with E-state index in [2.05, 4.69) is 5.32 Å². The highest BCUT2D eigenvalue weighted by Gasteiger charge is 2.36. The van der Waals surface area contributed by atoms with Crippen LogP contribution in [0.25, 0.3) is 0 Å². The van der Waals surface area contributed by atoms with Gasteiger partial charge in [-0.15, -0.1) is 0 Å². The summed E-state index contributed by atoms with van der Waals surface area (Å²) >= 11 is 13.2. The molecule has 46 heavy (non-hydrogen) atoms. The van der Waals surface area contributed by atoms with E-state index < -0.39 is 28.5 Å². The fraction of sp³-hybridized carbons (Fsp3) is 0.278. The maximum atomic E-state index is 14.6. The highest BCUT2D eigenvalue weighted by molar-refractivity contribution is 7.92. The van der Waals surface area contributed by atoms with Crippen molar-refractivity contribution >= 4 is 50.7 Å². The number of nitrogens with one attached hydrogen (secondary N) is 1. The number of hydrogen-bond donors (Lipinski definition) is 1. The van der Waals surface area contributed by atoms with Gasteiger partial charge >= 0.3 is 0 Å². The van der Waals surface area contributed by atoms with Gasteiger partial charge in [-0.05, 0) is 54.8 Å². The van der Waals surface area contributed by atoms with Gasteiger partial charge in [0.15, 0.2) is 0 Å². The minimum atomic E-state index is -4.17. The Kier molecular flexibility index (Phi) is 11.4. The highest BCUT2D eigenvalue weighted by atomic mass is 35.5. The SMILES string of the molecule is O=C(NC1CCCCC1)[C@H](Cc1ccccc1)N(Cc1c(Cl)cccc1Cl)C(=O)CN(c1ccccc1)S(=O)(=O)c1ccccc1. The largest absolute Gasteiger partial charge is 0.352 e. The molecule has 0 aromatic heterocycles. The molecule has 1 fully saturated rings. The van der Waals surface area contributed by atoms with Crippen LogP contribution in [-0.4, -0.2) is 43.8 Å². The number of anilines is 1. The quantitative estimate of drug-likeness (QED) is 0.171. The standard InChI is InChI=1S/C36H37Cl2N3O4S/c37-32-22-13-23-33(38)31(32)25-40(34(24-27-14-5-1-6-15-27)36(43)39-28-16-7-2-8-17-28)35(42)26-41(29-18-9-3-10-19-29)46(44,45)30-20-11-4-12-21-30/h1,3-6,9-15,18-23,28,34H,2,7-8,16-17,24-26H2,(H,39,43)/t34-/m0/s1. The van der Waals surface area contributed by atoms with Gasteiger partial charge in [0.25, 0.3) is 10.0 Å². The van der Waals surface area contributed by atoms with Gasteiger partial charge in [-0.2, -0.15) is 0 Å². The molecule has 1 saturated carbocycles. The van der Waals surface area contributed by atoms with Gasteiger partial charge in [-0.3, -0.25) is 13.9 Å². The molecule has 0 aliphatic heterocycles. The average Bonchev–Trinajstić information content (AvgIpc) is 3.08. The third kappa shape index (κ3) is 8.29. The van der Waals surface area contributed by atoms with E-state index in [1.165, 1.54) is 17.0 Å². The number of hydrogen-bond acceptors (Lipinski definition) is 4. The Morgan fingerprint density at radius 2 is 1.33 bits per heavy atom. The summed E-state index contributed by atoms with van der Waals surface area (Å²) in [4.78, 5) is 30.3. The molecule has 0 heterocycles. The molecule has 2 amide bonds. The zero-order chi connectivity index (χ0) is 32.5. The van der Waals surface area contributed by atoms with Gasteiger partial charge in [0.05, 0.1) is 10.6 Å². The monoisotopic (exact) mass is 677 g/mol. The zero-order valence-corrected chi connectivity index (χ0v) is 27.7. The minimum Gasteiger partial charge on any atom is -0.352 e. The second-order valence-electron chi connectivity index (χ2n) is 11.4. The molecular formula is C36H37Cl2N3O4S. The van der Waals surface area contributed by atoms with Crippen LogP contribution in [0.4, 0.5) is 5.69 Å². The van der Waals surface area contributed by atoms with E-state index in [0.717, 1.165) is 42.0 Å². The predicted octanol–water partition coefficient (Wildman–Crippen LogP) is 7.28. The third-order valence-corrected chi connectivity index (χ3v) is 10.8. The van der Waals surface area contributed by atoms with Crippen LogP contribution in [0.5, 0.6) is 0 Å². The Balaban J connectivity index is 1.57. The highest BCUT2D eigenvalue weighted by Crippen LogP contribution is 2.29. The first-order valence-electron chi connectivity index (χ1n) is 15.4. The van der Waals surface area contributed by atoms with Crippen LogP contribution in [0, 0.1) is 0 Å². The van der Waals surface area contributed by atoms with Crippen molar-refractivity contribution in [1.29, 1.82) is 0 Å². The molecule has 10 heteroatoms. The second kappa shape index (κ2) is 15.6. The molecule has 240 valence electrons. The molecule has 4 aromatic carbocycles. The molecule has 0 spiro atoms. The molecule has 0 radical (unpaired) electrons. The van der Waals surface area contributed by atoms with Crippen molar-refractivity contribution in [3.63, 3.8) is 0 Å². The van der Waals surface area contributed by atoms with E-state index in [9.17, 15) is 18.0 Å². The van der Waals surface area contributed by atoms with Crippen LogP contribution >= 0.6 is 23.2 Å². The zero-order valence-electron chi connectivity index (χ0n) is 25.4. The number of sulfonamides is 1. The summed E-state index contributed by atoms with van der Waals surface area (Å²) in [5.74, 6) is -0.872. The Morgan fingerprint density at radius 1 is 0.761 bits per heavy atom. The second-order valence-corrected chi connectivity index (χ2v) is 14.1. The molecule has 1 aliphatic carbocycles. The first kappa shape index (κ1) is 33.5. The third-order valence-electron chi connectivity index (χ3n) is 8.27. The minimum absolute atomic E-state index is 0.000322. The van der Waals surface area contributed by atoms with Crippen molar-refractivity contribution in [2.24, 2.45) is 0 Å². The van der Waals surface area contributed by atoms with E-state index in [-0.39, 0.29) is 29.8 Å². The molecule has 7 nitrogen and oxygen atoms in total. The number of carbonyl (C=O) groups excluding carboxylic acids is 2. The van der Waals surface area contributed by atoms with Crippen molar-refractivity contribution < 1.29 is 18.0 Å². The summed E-state index contributed by atoms with van der Waals surface area (Å²) in [5.41, 5.74) is 1.65. The van der Waals surface area contributed by atoms with E-state index in [4.69, 9.17) is 23.2 Å². The summed E-state index contributed by atoms with van der Waals surface area (Å²) in [5, 5.41) is 3.88. The van der Waals surface area contributed by atoms with Gasteiger partial charge in [-0.25, -0.2) is 8.42 Å². The Bertz CT molecular complexity index is 1700. The first-order chi connectivity index (χ1) is 22.2. The van der Waals surface area contributed by atoms with Crippen LogP contribution in [0.2, 0.25) is 10.0 Å². The van der Waals surface area contributed by atoms with E-state index in [1.807, 2.05) is 30.3 Å². The molecular weight excluding hydrogens is 641 g/mol. The fourth-order valence-corrected chi connectivity index (χ4v) is 7.75. The number of para-hydroxylation sites is 1. The fourth-order valence-electron chi connectivity index (χ4n) is 5.79. The van der Waals surface area contributed by atoms with E-state index in [0.29, 0.717) is 21.3 Å². The Labute approximate surface area is 281 Å². The Morgan fingerprint density at radius 3 is 1.93 bits per heavy atom. The van der Waals surface area contributed by atoms with Crippen molar-refractivity contribution in [3.05, 3.63) is 130 Å². The van der Waals surface area contributed by atoms with E-state index >= 15 is 0 Å². The number of amides is 2. The van der Waals surface area contributed by atoms with Gasteiger partial charge in [0.1, 0.15) is 12.6 Å². The van der Waals surface area contributed by atoms with E-state index in [1.54, 1.807) is 66.7 Å². The van der Waals surface area contributed by atoms with Crippen molar-refractivity contribution in [2.45, 2.75) is 62.0 Å². The smallest absolute Gasteiger partial charge is 0.264 e. The normalized spacial score (nSPS) is 14.3. The summed E-state index contributed by atoms with van der Waals surface area (Å²) in [6.07, 6.45) is 5.12.